The minimum absolute atomic E-state index is 0.176. The lowest BCUT2D eigenvalue weighted by atomic mass is 9.83. The van der Waals surface area contributed by atoms with Gasteiger partial charge in [0.15, 0.2) is 0 Å². The molecule has 0 amide bonds. The minimum Gasteiger partial charge on any atom is -0.449 e. The van der Waals surface area contributed by atoms with Crippen LogP contribution in [0.3, 0.4) is 0 Å². The van der Waals surface area contributed by atoms with Crippen molar-refractivity contribution in [3.05, 3.63) is 123 Å². The minimum atomic E-state index is -1.37. The third-order valence-corrected chi connectivity index (χ3v) is 6.25. The molecule has 4 rings (SSSR count). The van der Waals surface area contributed by atoms with Crippen LogP contribution in [0.5, 0.6) is 5.75 Å². The lowest BCUT2D eigenvalue weighted by molar-refractivity contribution is 0.144. The molecular weight excluding hydrogens is 475 g/mol. The molecule has 1 unspecified atom stereocenters. The Labute approximate surface area is 212 Å². The van der Waals surface area contributed by atoms with Crippen LogP contribution in [0.4, 0.5) is 9.18 Å². The molecule has 2 N–H and O–H groups in total. The van der Waals surface area contributed by atoms with E-state index in [2.05, 4.69) is 9.89 Å². The first-order valence-corrected chi connectivity index (χ1v) is 11.5. The van der Waals surface area contributed by atoms with Crippen molar-refractivity contribution in [3.63, 3.8) is 0 Å². The van der Waals surface area contributed by atoms with E-state index in [9.17, 15) is 19.2 Å². The number of nitrogens with zero attached hydrogens (tertiary/aromatic N) is 2. The predicted molar refractivity (Wildman–Crippen MR) is 138 cm³/mol. The summed E-state index contributed by atoms with van der Waals surface area (Å²) in [5.41, 5.74) is 5.18. The van der Waals surface area contributed by atoms with Crippen LogP contribution in [-0.4, -0.2) is 26.7 Å². The number of benzene rings is 3. The largest absolute Gasteiger partial charge is 0.511 e. The fourth-order valence-corrected chi connectivity index (χ4v) is 4.34. The van der Waals surface area contributed by atoms with Crippen molar-refractivity contribution in [1.82, 2.24) is 4.57 Å². The zero-order valence-electron chi connectivity index (χ0n) is 20.3. The smallest absolute Gasteiger partial charge is 0.449 e. The Balaban J connectivity index is 1.69. The molecule has 0 aliphatic carbocycles. The molecule has 1 heterocycles. The lowest BCUT2D eigenvalue weighted by Gasteiger charge is -2.21. The molecule has 0 aliphatic rings. The van der Waals surface area contributed by atoms with Crippen molar-refractivity contribution in [3.8, 4) is 16.9 Å². The number of carboxylic acid groups (broad SMARTS) is 1. The van der Waals surface area contributed by atoms with Crippen LogP contribution in [-0.2, 0) is 7.05 Å². The number of hydrogen-bond acceptors (Lipinski definition) is 5. The van der Waals surface area contributed by atoms with Crippen molar-refractivity contribution in [2.75, 3.05) is 0 Å². The maximum atomic E-state index is 13.9. The van der Waals surface area contributed by atoms with Crippen LogP contribution in [0.15, 0.2) is 95.0 Å². The molecule has 1 aromatic heterocycles. The second-order valence-electron chi connectivity index (χ2n) is 8.69. The van der Waals surface area contributed by atoms with E-state index < -0.39 is 6.16 Å². The summed E-state index contributed by atoms with van der Waals surface area (Å²) in [4.78, 5) is 22.6. The Bertz CT molecular complexity index is 1510. The average molecular weight is 501 g/mol. The van der Waals surface area contributed by atoms with Crippen LogP contribution < -0.4 is 10.3 Å². The fraction of sp³-hybridized carbons (Fsp3) is 0.138. The van der Waals surface area contributed by atoms with Gasteiger partial charge in [0.1, 0.15) is 11.6 Å². The van der Waals surface area contributed by atoms with E-state index in [0.29, 0.717) is 17.7 Å². The molecule has 4 aromatic rings. The molecule has 0 aliphatic heterocycles. The highest BCUT2D eigenvalue weighted by molar-refractivity contribution is 6.00. The first-order chi connectivity index (χ1) is 17.7. The first kappa shape index (κ1) is 25.4. The molecule has 188 valence electrons. The number of oxime groups is 1. The Morgan fingerprint density at radius 3 is 2.22 bits per heavy atom. The van der Waals surface area contributed by atoms with Gasteiger partial charge >= 0.3 is 6.16 Å². The normalized spacial score (nSPS) is 12.2. The van der Waals surface area contributed by atoms with E-state index >= 15 is 0 Å². The van der Waals surface area contributed by atoms with Gasteiger partial charge in [-0.2, -0.15) is 0 Å². The SMILES string of the molecule is Cc1cc(F)ccc1C(C/C(=N\O)c1ccc(=O)n(C)c1)c1ccc(-c2ccc(OC(=O)O)cc2)cc1. The Morgan fingerprint density at radius 2 is 1.65 bits per heavy atom. The summed E-state index contributed by atoms with van der Waals surface area (Å²) >= 11 is 0. The van der Waals surface area contributed by atoms with E-state index in [1.54, 1.807) is 49.6 Å². The summed E-state index contributed by atoms with van der Waals surface area (Å²) in [5, 5.41) is 22.2. The molecule has 0 spiro atoms. The van der Waals surface area contributed by atoms with Gasteiger partial charge in [0.25, 0.3) is 0 Å². The van der Waals surface area contributed by atoms with Gasteiger partial charge in [-0.05, 0) is 65.1 Å². The maximum absolute atomic E-state index is 13.9. The van der Waals surface area contributed by atoms with Crippen LogP contribution in [0.25, 0.3) is 11.1 Å². The van der Waals surface area contributed by atoms with Crippen molar-refractivity contribution in [2.24, 2.45) is 12.2 Å². The summed E-state index contributed by atoms with van der Waals surface area (Å²) in [5.74, 6) is -0.363. The topological polar surface area (TPSA) is 101 Å². The van der Waals surface area contributed by atoms with E-state index in [0.717, 1.165) is 27.8 Å². The number of aryl methyl sites for hydroxylation is 2. The van der Waals surface area contributed by atoms with E-state index in [1.807, 2.05) is 31.2 Å². The van der Waals surface area contributed by atoms with Crippen molar-refractivity contribution in [1.29, 1.82) is 0 Å². The zero-order chi connectivity index (χ0) is 26.5. The lowest BCUT2D eigenvalue weighted by Crippen LogP contribution is -2.18. The van der Waals surface area contributed by atoms with Gasteiger partial charge in [0, 0.05) is 37.2 Å². The molecule has 0 bridgehead atoms. The number of hydrogen-bond donors (Lipinski definition) is 2. The Kier molecular flexibility index (Phi) is 7.48. The third kappa shape index (κ3) is 5.92. The number of pyridine rings is 1. The van der Waals surface area contributed by atoms with E-state index in [-0.39, 0.29) is 23.0 Å². The summed E-state index contributed by atoms with van der Waals surface area (Å²) in [7, 11) is 1.63. The molecule has 0 radical (unpaired) electrons. The van der Waals surface area contributed by atoms with Crippen LogP contribution in [0.1, 0.15) is 34.6 Å². The van der Waals surface area contributed by atoms with Crippen LogP contribution in [0.2, 0.25) is 0 Å². The van der Waals surface area contributed by atoms with Gasteiger partial charge in [-0.15, -0.1) is 0 Å². The highest BCUT2D eigenvalue weighted by Crippen LogP contribution is 2.34. The van der Waals surface area contributed by atoms with Crippen LogP contribution >= 0.6 is 0 Å². The highest BCUT2D eigenvalue weighted by Gasteiger charge is 2.21. The summed E-state index contributed by atoms with van der Waals surface area (Å²) < 4.78 is 20.0. The molecular formula is C29H25FN2O5. The standard InChI is InChI=1S/C29H25FN2O5/c1-18-15-23(30)10-13-25(18)26(16-27(31-36)22-9-14-28(33)32(2)17-22)21-5-3-19(4-6-21)20-7-11-24(12-8-20)37-29(34)35/h3-15,17,26,36H,16H2,1-2H3,(H,34,35)/b31-27+. The molecule has 1 atom stereocenters. The van der Waals surface area contributed by atoms with E-state index in [4.69, 9.17) is 5.11 Å². The summed E-state index contributed by atoms with van der Waals surface area (Å²) in [6.45, 7) is 1.84. The fourth-order valence-electron chi connectivity index (χ4n) is 4.34. The van der Waals surface area contributed by atoms with Crippen molar-refractivity contribution < 1.29 is 24.2 Å². The number of ether oxygens (including phenoxy) is 1. The monoisotopic (exact) mass is 500 g/mol. The van der Waals surface area contributed by atoms with Gasteiger partial charge in [-0.3, -0.25) is 4.79 Å². The molecule has 0 saturated heterocycles. The second kappa shape index (κ2) is 10.9. The van der Waals surface area contributed by atoms with Gasteiger partial charge in [0.05, 0.1) is 5.71 Å². The maximum Gasteiger partial charge on any atom is 0.511 e. The number of aromatic nitrogens is 1. The molecule has 0 fully saturated rings. The third-order valence-electron chi connectivity index (χ3n) is 6.25. The van der Waals surface area contributed by atoms with E-state index in [1.165, 1.54) is 22.8 Å². The molecule has 8 heteroatoms. The Morgan fingerprint density at radius 1 is 1.00 bits per heavy atom. The second-order valence-corrected chi connectivity index (χ2v) is 8.69. The molecule has 0 saturated carbocycles. The predicted octanol–water partition coefficient (Wildman–Crippen LogP) is 5.96. The summed E-state index contributed by atoms with van der Waals surface area (Å²) in [6, 6.07) is 22.2. The highest BCUT2D eigenvalue weighted by atomic mass is 19.1. The quantitative estimate of drug-likeness (QED) is 0.107. The summed E-state index contributed by atoms with van der Waals surface area (Å²) in [6.07, 6.45) is 0.553. The van der Waals surface area contributed by atoms with Crippen molar-refractivity contribution in [2.45, 2.75) is 19.3 Å². The number of carbonyl (C=O) groups is 1. The van der Waals surface area contributed by atoms with Crippen molar-refractivity contribution >= 4 is 11.9 Å². The Hall–Kier alpha value is -4.72. The average Bonchev–Trinajstić information content (AvgIpc) is 2.87. The van der Waals surface area contributed by atoms with Gasteiger partial charge in [-0.1, -0.05) is 47.6 Å². The van der Waals surface area contributed by atoms with Gasteiger partial charge in [0.2, 0.25) is 5.56 Å². The molecule has 7 nitrogen and oxygen atoms in total. The van der Waals surface area contributed by atoms with Gasteiger partial charge < -0.3 is 19.6 Å². The number of rotatable bonds is 7. The molecule has 37 heavy (non-hydrogen) atoms. The van der Waals surface area contributed by atoms with Gasteiger partial charge in [-0.25, -0.2) is 9.18 Å². The first-order valence-electron chi connectivity index (χ1n) is 11.5. The molecule has 3 aromatic carbocycles. The zero-order valence-corrected chi connectivity index (χ0v) is 20.3. The number of halogens is 1. The van der Waals surface area contributed by atoms with Crippen LogP contribution in [0, 0.1) is 12.7 Å².